The largest absolute Gasteiger partial charge is 0.478 e. The number of hydrogen-bond donors (Lipinski definition) is 2. The predicted molar refractivity (Wildman–Crippen MR) is 61.2 cm³/mol. The highest BCUT2D eigenvalue weighted by Crippen LogP contribution is 2.05. The molecule has 2 aromatic heterocycles. The van der Waals surface area contributed by atoms with Gasteiger partial charge in [-0.3, -0.25) is 9.78 Å². The lowest BCUT2D eigenvalue weighted by atomic mass is 10.2. The quantitative estimate of drug-likeness (QED) is 0.828. The van der Waals surface area contributed by atoms with E-state index in [0.717, 1.165) is 6.20 Å². The van der Waals surface area contributed by atoms with E-state index in [2.05, 4.69) is 20.3 Å². The molecule has 18 heavy (non-hydrogen) atoms. The maximum absolute atomic E-state index is 11.7. The summed E-state index contributed by atoms with van der Waals surface area (Å²) in [5.74, 6) is -1.55. The fraction of sp³-hybridized carbons (Fsp3) is 0. The molecule has 2 rings (SSSR count). The van der Waals surface area contributed by atoms with Crippen LogP contribution in [0.15, 0.2) is 37.1 Å². The standard InChI is InChI=1S/C11H8N4O3/c16-10(15-8-4-12-6-13-5-8)9-2-1-7(3-14-9)11(17)18/h1-6H,(H,15,16)(H,17,18). The molecule has 2 heterocycles. The Labute approximate surface area is 102 Å². The SMILES string of the molecule is O=C(O)c1ccc(C(=O)Nc2cncnc2)nc1. The van der Waals surface area contributed by atoms with Gasteiger partial charge in [-0.15, -0.1) is 0 Å². The molecule has 0 spiro atoms. The van der Waals surface area contributed by atoms with Crippen LogP contribution in [-0.4, -0.2) is 31.9 Å². The van der Waals surface area contributed by atoms with Crippen LogP contribution in [0.2, 0.25) is 0 Å². The van der Waals surface area contributed by atoms with Gasteiger partial charge in [0.25, 0.3) is 5.91 Å². The van der Waals surface area contributed by atoms with E-state index in [4.69, 9.17) is 5.11 Å². The smallest absolute Gasteiger partial charge is 0.337 e. The van der Waals surface area contributed by atoms with Crippen LogP contribution in [0.4, 0.5) is 5.69 Å². The van der Waals surface area contributed by atoms with Crippen LogP contribution in [0.3, 0.4) is 0 Å². The van der Waals surface area contributed by atoms with Crippen molar-refractivity contribution in [1.29, 1.82) is 0 Å². The third kappa shape index (κ3) is 2.64. The van der Waals surface area contributed by atoms with Gasteiger partial charge in [0, 0.05) is 6.20 Å². The normalized spacial score (nSPS) is 9.78. The first-order chi connectivity index (χ1) is 8.66. The number of hydrogen-bond acceptors (Lipinski definition) is 5. The zero-order valence-corrected chi connectivity index (χ0v) is 9.07. The highest BCUT2D eigenvalue weighted by molar-refractivity contribution is 6.03. The van der Waals surface area contributed by atoms with Gasteiger partial charge < -0.3 is 10.4 Å². The van der Waals surface area contributed by atoms with Gasteiger partial charge >= 0.3 is 5.97 Å². The highest BCUT2D eigenvalue weighted by Gasteiger charge is 2.09. The van der Waals surface area contributed by atoms with Gasteiger partial charge in [0.05, 0.1) is 23.6 Å². The van der Waals surface area contributed by atoms with Crippen LogP contribution in [0, 0.1) is 0 Å². The summed E-state index contributed by atoms with van der Waals surface area (Å²) in [4.78, 5) is 33.6. The van der Waals surface area contributed by atoms with Crippen molar-refractivity contribution in [2.75, 3.05) is 5.32 Å². The summed E-state index contributed by atoms with van der Waals surface area (Å²) in [7, 11) is 0. The van der Waals surface area contributed by atoms with E-state index >= 15 is 0 Å². The monoisotopic (exact) mass is 244 g/mol. The van der Waals surface area contributed by atoms with Crippen molar-refractivity contribution in [1.82, 2.24) is 15.0 Å². The van der Waals surface area contributed by atoms with Gasteiger partial charge in [0.15, 0.2) is 0 Å². The third-order valence-electron chi connectivity index (χ3n) is 2.06. The molecule has 0 aromatic carbocycles. The molecular weight excluding hydrogens is 236 g/mol. The molecule has 0 bridgehead atoms. The minimum absolute atomic E-state index is 0.0228. The molecule has 0 aliphatic carbocycles. The first-order valence-electron chi connectivity index (χ1n) is 4.92. The second-order valence-corrected chi connectivity index (χ2v) is 3.32. The Morgan fingerprint density at radius 1 is 1.11 bits per heavy atom. The Kier molecular flexibility index (Phi) is 3.24. The molecule has 0 aliphatic heterocycles. The van der Waals surface area contributed by atoms with Gasteiger partial charge in [0.2, 0.25) is 0 Å². The number of carbonyl (C=O) groups is 2. The summed E-state index contributed by atoms with van der Waals surface area (Å²) in [6, 6.07) is 2.65. The molecule has 2 N–H and O–H groups in total. The maximum atomic E-state index is 11.7. The van der Waals surface area contributed by atoms with Crippen molar-refractivity contribution < 1.29 is 14.7 Å². The molecule has 0 atom stereocenters. The molecule has 90 valence electrons. The topological polar surface area (TPSA) is 105 Å². The molecular formula is C11H8N4O3. The number of pyridine rings is 1. The van der Waals surface area contributed by atoms with E-state index < -0.39 is 11.9 Å². The fourth-order valence-corrected chi connectivity index (χ4v) is 1.21. The third-order valence-corrected chi connectivity index (χ3v) is 2.06. The van der Waals surface area contributed by atoms with Gasteiger partial charge in [-0.25, -0.2) is 14.8 Å². The van der Waals surface area contributed by atoms with Crippen LogP contribution >= 0.6 is 0 Å². The van der Waals surface area contributed by atoms with Crippen molar-refractivity contribution in [3.8, 4) is 0 Å². The van der Waals surface area contributed by atoms with Crippen LogP contribution in [0.25, 0.3) is 0 Å². The van der Waals surface area contributed by atoms with Gasteiger partial charge in [-0.2, -0.15) is 0 Å². The molecule has 2 aromatic rings. The zero-order chi connectivity index (χ0) is 13.0. The Bertz CT molecular complexity index is 569. The van der Waals surface area contributed by atoms with Crippen molar-refractivity contribution in [2.45, 2.75) is 0 Å². The Hall–Kier alpha value is -2.83. The molecule has 7 heteroatoms. The van der Waals surface area contributed by atoms with Crippen molar-refractivity contribution >= 4 is 17.6 Å². The van der Waals surface area contributed by atoms with Gasteiger partial charge in [-0.1, -0.05) is 0 Å². The summed E-state index contributed by atoms with van der Waals surface area (Å²) in [5, 5.41) is 11.2. The highest BCUT2D eigenvalue weighted by atomic mass is 16.4. The van der Waals surface area contributed by atoms with Crippen LogP contribution in [-0.2, 0) is 0 Å². The fourth-order valence-electron chi connectivity index (χ4n) is 1.21. The maximum Gasteiger partial charge on any atom is 0.337 e. The molecule has 0 radical (unpaired) electrons. The zero-order valence-electron chi connectivity index (χ0n) is 9.07. The van der Waals surface area contributed by atoms with E-state index in [-0.39, 0.29) is 11.3 Å². The van der Waals surface area contributed by atoms with E-state index in [9.17, 15) is 9.59 Å². The molecule has 0 saturated heterocycles. The number of amides is 1. The number of nitrogens with one attached hydrogen (secondary N) is 1. The lowest BCUT2D eigenvalue weighted by Gasteiger charge is -2.03. The Balaban J connectivity index is 2.12. The molecule has 7 nitrogen and oxygen atoms in total. The first kappa shape index (κ1) is 11.6. The average Bonchev–Trinajstić information content (AvgIpc) is 2.40. The second kappa shape index (κ2) is 5.00. The second-order valence-electron chi connectivity index (χ2n) is 3.32. The molecule has 0 aliphatic rings. The van der Waals surface area contributed by atoms with Gasteiger partial charge in [0.1, 0.15) is 12.0 Å². The Morgan fingerprint density at radius 3 is 2.39 bits per heavy atom. The van der Waals surface area contributed by atoms with E-state index in [1.807, 2.05) is 0 Å². The van der Waals surface area contributed by atoms with Crippen molar-refractivity contribution in [3.63, 3.8) is 0 Å². The summed E-state index contributed by atoms with van der Waals surface area (Å²) in [6.07, 6.45) is 5.35. The summed E-state index contributed by atoms with van der Waals surface area (Å²) < 4.78 is 0. The number of carboxylic acids is 1. The van der Waals surface area contributed by atoms with E-state index in [0.29, 0.717) is 5.69 Å². The number of aromatic carboxylic acids is 1. The summed E-state index contributed by atoms with van der Waals surface area (Å²) in [5.41, 5.74) is 0.574. The lowest BCUT2D eigenvalue weighted by Crippen LogP contribution is -2.14. The minimum atomic E-state index is -1.09. The number of aromatic nitrogens is 3. The Morgan fingerprint density at radius 2 is 1.83 bits per heavy atom. The number of rotatable bonds is 3. The summed E-state index contributed by atoms with van der Waals surface area (Å²) in [6.45, 7) is 0. The number of anilines is 1. The first-order valence-corrected chi connectivity index (χ1v) is 4.92. The summed E-state index contributed by atoms with van der Waals surface area (Å²) >= 11 is 0. The number of carbonyl (C=O) groups excluding carboxylic acids is 1. The molecule has 0 saturated carbocycles. The molecule has 0 unspecified atom stereocenters. The minimum Gasteiger partial charge on any atom is -0.478 e. The molecule has 1 amide bonds. The number of carboxylic acid groups (broad SMARTS) is 1. The predicted octanol–water partition coefficient (Wildman–Crippen LogP) is 0.822. The lowest BCUT2D eigenvalue weighted by molar-refractivity contribution is 0.0696. The van der Waals surface area contributed by atoms with Gasteiger partial charge in [-0.05, 0) is 12.1 Å². The number of nitrogens with zero attached hydrogens (tertiary/aromatic N) is 3. The van der Waals surface area contributed by atoms with Crippen LogP contribution in [0.1, 0.15) is 20.8 Å². The van der Waals surface area contributed by atoms with Crippen molar-refractivity contribution in [3.05, 3.63) is 48.3 Å². The van der Waals surface area contributed by atoms with Crippen molar-refractivity contribution in [2.24, 2.45) is 0 Å². The van der Waals surface area contributed by atoms with Crippen LogP contribution in [0.5, 0.6) is 0 Å². The van der Waals surface area contributed by atoms with Crippen LogP contribution < -0.4 is 5.32 Å². The molecule has 0 fully saturated rings. The van der Waals surface area contributed by atoms with E-state index in [1.165, 1.54) is 30.9 Å². The average molecular weight is 244 g/mol. The van der Waals surface area contributed by atoms with E-state index in [1.54, 1.807) is 0 Å².